The van der Waals surface area contributed by atoms with E-state index in [4.69, 9.17) is 21.7 Å². The van der Waals surface area contributed by atoms with Crippen molar-refractivity contribution in [2.45, 2.75) is 51.5 Å². The summed E-state index contributed by atoms with van der Waals surface area (Å²) in [5.41, 5.74) is 15.2. The van der Waals surface area contributed by atoms with Gasteiger partial charge in [-0.25, -0.2) is 10.5 Å². The second-order valence-electron chi connectivity index (χ2n) is 9.26. The number of carbonyl (C=O) groups is 1. The number of nitrogens with two attached hydrogens (primary N) is 2. The van der Waals surface area contributed by atoms with Crippen LogP contribution < -0.4 is 27.8 Å². The molecule has 0 saturated carbocycles. The van der Waals surface area contributed by atoms with Crippen LogP contribution in [0, 0.1) is 11.3 Å². The fourth-order valence-corrected chi connectivity index (χ4v) is 4.64. The predicted octanol–water partition coefficient (Wildman–Crippen LogP) is 3.38. The molecule has 2 aromatic carbocycles. The molecule has 2 heterocycles. The molecule has 0 unspecified atom stereocenters. The van der Waals surface area contributed by atoms with Crippen LogP contribution in [0.15, 0.2) is 53.3 Å². The number of amides is 1. The smallest absolute Gasteiger partial charge is 0.266 e. The lowest BCUT2D eigenvalue weighted by Gasteiger charge is -2.23. The highest BCUT2D eigenvalue weighted by atomic mass is 16.5. The molecule has 0 aliphatic rings. The number of hydrogen-bond acceptors (Lipinski definition) is 10. The van der Waals surface area contributed by atoms with Crippen molar-refractivity contribution < 1.29 is 10.0 Å². The minimum Gasteiger partial charge on any atom is -0.382 e. The molecule has 7 N–H and O–H groups in total. The lowest BCUT2D eigenvalue weighted by atomic mass is 10.0. The van der Waals surface area contributed by atoms with Crippen molar-refractivity contribution in [3.8, 4) is 11.8 Å². The van der Waals surface area contributed by atoms with E-state index in [0.29, 0.717) is 41.7 Å². The number of hydrogen-bond donors (Lipinski definition) is 5. The van der Waals surface area contributed by atoms with Gasteiger partial charge in [-0.15, -0.1) is 0 Å². The Balaban J connectivity index is 1.79. The quantitative estimate of drug-likeness (QED) is 0.107. The van der Waals surface area contributed by atoms with Gasteiger partial charge in [-0.2, -0.15) is 15.2 Å². The van der Waals surface area contributed by atoms with E-state index in [1.54, 1.807) is 16.1 Å². The van der Waals surface area contributed by atoms with Gasteiger partial charge in [0.2, 0.25) is 11.9 Å². The predicted molar refractivity (Wildman–Crippen MR) is 152 cm³/mol. The number of carbonyl (C=O) groups excluding carboxylic acids is 1. The second kappa shape index (κ2) is 12.7. The van der Waals surface area contributed by atoms with E-state index in [9.17, 15) is 14.9 Å². The van der Waals surface area contributed by atoms with E-state index in [0.717, 1.165) is 18.4 Å². The van der Waals surface area contributed by atoms with Gasteiger partial charge >= 0.3 is 0 Å². The van der Waals surface area contributed by atoms with E-state index in [1.807, 2.05) is 55.5 Å². The normalized spacial score (nSPS) is 11.6. The molecule has 1 amide bonds. The number of benzene rings is 2. The zero-order valence-electron chi connectivity index (χ0n) is 22.1. The minimum absolute atomic E-state index is 0.0408. The average molecular weight is 542 g/mol. The Labute approximate surface area is 230 Å². The van der Waals surface area contributed by atoms with Crippen LogP contribution in [-0.4, -0.2) is 30.6 Å². The van der Waals surface area contributed by atoms with Gasteiger partial charge in [-0.05, 0) is 49.4 Å². The van der Waals surface area contributed by atoms with E-state index >= 15 is 0 Å². The third-order valence-electron chi connectivity index (χ3n) is 6.60. The first-order valence-corrected chi connectivity index (χ1v) is 13.0. The highest BCUT2D eigenvalue weighted by Crippen LogP contribution is 2.28. The molecule has 0 radical (unpaired) electrons. The standard InChI is InChI=1S/C28H31N9O3/c1-2-20(32-25-19(16-29)24(30)34-28(31)35-25)26-33-21-14-9-11-17(10-5-3-8-15-22(38)36-40)23(21)27(39)37(26)18-12-6-4-7-13-18/h4,6-7,9,11-14,20,40H,2-3,5,8,10,15H2,1H3,(H,36,38)(H5,30,31,32,34,35)/t20-/m0/s1. The van der Waals surface area contributed by atoms with Gasteiger partial charge in [0.15, 0.2) is 5.82 Å². The molecule has 12 heteroatoms. The fourth-order valence-electron chi connectivity index (χ4n) is 4.64. The zero-order chi connectivity index (χ0) is 28.6. The lowest BCUT2D eigenvalue weighted by Crippen LogP contribution is -2.29. The molecule has 12 nitrogen and oxygen atoms in total. The van der Waals surface area contributed by atoms with Gasteiger partial charge in [0.1, 0.15) is 23.3 Å². The molecule has 0 aliphatic carbocycles. The topological polar surface area (TPSA) is 198 Å². The van der Waals surface area contributed by atoms with Crippen LogP contribution in [0.25, 0.3) is 16.6 Å². The van der Waals surface area contributed by atoms with Crippen LogP contribution in [0.3, 0.4) is 0 Å². The maximum Gasteiger partial charge on any atom is 0.266 e. The Hall–Kier alpha value is -5.02. The molecular formula is C28H31N9O3. The van der Waals surface area contributed by atoms with Crippen LogP contribution in [0.2, 0.25) is 0 Å². The SMILES string of the molecule is CC[C@H](Nc1nc(N)nc(N)c1C#N)c1nc2cccc(CCCCCC(=O)NO)c2c(=O)n1-c1ccccc1. The first kappa shape index (κ1) is 28.0. The van der Waals surface area contributed by atoms with Gasteiger partial charge in [0.05, 0.1) is 22.6 Å². The van der Waals surface area contributed by atoms with Gasteiger partial charge in [-0.1, -0.05) is 43.7 Å². The number of nitrogens with zero attached hydrogens (tertiary/aromatic N) is 5. The Morgan fingerprint density at radius 2 is 1.85 bits per heavy atom. The van der Waals surface area contributed by atoms with E-state index in [2.05, 4.69) is 15.3 Å². The molecule has 0 fully saturated rings. The number of anilines is 3. The molecular weight excluding hydrogens is 510 g/mol. The monoisotopic (exact) mass is 541 g/mol. The van der Waals surface area contributed by atoms with Crippen molar-refractivity contribution in [2.75, 3.05) is 16.8 Å². The minimum atomic E-state index is -0.528. The summed E-state index contributed by atoms with van der Waals surface area (Å²) in [6.45, 7) is 1.93. The molecule has 206 valence electrons. The summed E-state index contributed by atoms with van der Waals surface area (Å²) in [6, 6.07) is 16.3. The van der Waals surface area contributed by atoms with E-state index in [1.165, 1.54) is 0 Å². The molecule has 0 saturated heterocycles. The number of aryl methyl sites for hydroxylation is 1. The highest BCUT2D eigenvalue weighted by Gasteiger charge is 2.23. The molecule has 4 rings (SSSR count). The maximum absolute atomic E-state index is 14.2. The summed E-state index contributed by atoms with van der Waals surface area (Å²) in [4.78, 5) is 38.5. The lowest BCUT2D eigenvalue weighted by molar-refractivity contribution is -0.129. The first-order valence-electron chi connectivity index (χ1n) is 13.0. The van der Waals surface area contributed by atoms with Gasteiger partial charge in [0, 0.05) is 6.42 Å². The van der Waals surface area contributed by atoms with Crippen molar-refractivity contribution in [3.05, 3.63) is 75.8 Å². The number of aromatic nitrogens is 4. The Kier molecular flexibility index (Phi) is 8.88. The van der Waals surface area contributed by atoms with E-state index in [-0.39, 0.29) is 35.1 Å². The molecule has 40 heavy (non-hydrogen) atoms. The molecule has 1 atom stereocenters. The van der Waals surface area contributed by atoms with Crippen LogP contribution in [0.1, 0.15) is 62.0 Å². The summed E-state index contributed by atoms with van der Waals surface area (Å²) >= 11 is 0. The number of nitriles is 1. The van der Waals surface area contributed by atoms with Crippen molar-refractivity contribution in [3.63, 3.8) is 0 Å². The van der Waals surface area contributed by atoms with Gasteiger partial charge in [0.25, 0.3) is 5.56 Å². The third kappa shape index (κ3) is 6.00. The van der Waals surface area contributed by atoms with Crippen LogP contribution in [-0.2, 0) is 11.2 Å². The van der Waals surface area contributed by atoms with Crippen molar-refractivity contribution >= 4 is 34.4 Å². The van der Waals surface area contributed by atoms with Gasteiger partial charge < -0.3 is 16.8 Å². The molecule has 2 aromatic heterocycles. The van der Waals surface area contributed by atoms with Gasteiger partial charge in [-0.3, -0.25) is 19.4 Å². The summed E-state index contributed by atoms with van der Waals surface area (Å²) in [6.07, 6.45) is 3.51. The van der Waals surface area contributed by atoms with E-state index < -0.39 is 11.9 Å². The Bertz CT molecular complexity index is 1610. The van der Waals surface area contributed by atoms with Crippen molar-refractivity contribution in [1.29, 1.82) is 5.26 Å². The maximum atomic E-state index is 14.2. The fraction of sp³-hybridized carbons (Fsp3) is 0.286. The molecule has 0 aliphatic heterocycles. The summed E-state index contributed by atoms with van der Waals surface area (Å²) in [7, 11) is 0. The second-order valence-corrected chi connectivity index (χ2v) is 9.26. The molecule has 0 spiro atoms. The molecule has 0 bridgehead atoms. The van der Waals surface area contributed by atoms with Crippen molar-refractivity contribution in [2.24, 2.45) is 0 Å². The number of unbranched alkanes of at least 4 members (excludes halogenated alkanes) is 2. The Morgan fingerprint density at radius 3 is 2.55 bits per heavy atom. The number of hydroxylamine groups is 1. The summed E-state index contributed by atoms with van der Waals surface area (Å²) in [5, 5.41) is 22.1. The zero-order valence-corrected chi connectivity index (χ0v) is 22.1. The van der Waals surface area contributed by atoms with Crippen LogP contribution >= 0.6 is 0 Å². The van der Waals surface area contributed by atoms with Crippen molar-refractivity contribution in [1.82, 2.24) is 25.0 Å². The number of fused-ring (bicyclic) bond motifs is 1. The molecule has 4 aromatic rings. The first-order chi connectivity index (χ1) is 19.4. The summed E-state index contributed by atoms with van der Waals surface area (Å²) < 4.78 is 1.58. The van der Waals surface area contributed by atoms with Crippen LogP contribution in [0.5, 0.6) is 0 Å². The number of rotatable bonds is 11. The third-order valence-corrected chi connectivity index (χ3v) is 6.60. The number of para-hydroxylation sites is 1. The summed E-state index contributed by atoms with van der Waals surface area (Å²) in [5.74, 6) is 0.0687. The largest absolute Gasteiger partial charge is 0.382 e. The van der Waals surface area contributed by atoms with Crippen LogP contribution in [0.4, 0.5) is 17.6 Å². The Morgan fingerprint density at radius 1 is 1.07 bits per heavy atom. The number of nitrogens with one attached hydrogen (secondary N) is 2. The number of nitrogen functional groups attached to an aromatic ring is 2. The average Bonchev–Trinajstić information content (AvgIpc) is 2.95. The highest BCUT2D eigenvalue weighted by molar-refractivity contribution is 5.82.